The second-order valence-corrected chi connectivity index (χ2v) is 10.6. The molecule has 0 spiro atoms. The Morgan fingerprint density at radius 2 is 1.98 bits per heavy atom. The highest BCUT2D eigenvalue weighted by Gasteiger charge is 2.60. The molecular weight excluding hydrogens is 556 g/mol. The van der Waals surface area contributed by atoms with E-state index in [-0.39, 0.29) is 29.4 Å². The summed E-state index contributed by atoms with van der Waals surface area (Å²) in [6.07, 6.45) is -4.22. The van der Waals surface area contributed by atoms with Crippen LogP contribution in [0.2, 0.25) is 0 Å². The van der Waals surface area contributed by atoms with Gasteiger partial charge in [0.1, 0.15) is 42.8 Å². The molecule has 16 heteroatoms. The summed E-state index contributed by atoms with van der Waals surface area (Å²) < 4.78 is 27.0. The number of hydrogen-bond acceptors (Lipinski definition) is 14. The Morgan fingerprint density at radius 1 is 1.26 bits per heavy atom. The quantitative estimate of drug-likeness (QED) is 0.198. The second-order valence-electron chi connectivity index (χ2n) is 10.6. The summed E-state index contributed by atoms with van der Waals surface area (Å²) in [5.41, 5.74) is 3.41. The zero-order valence-corrected chi connectivity index (χ0v) is 23.9. The minimum Gasteiger partial charge on any atom is -0.462 e. The van der Waals surface area contributed by atoms with Crippen molar-refractivity contribution in [1.82, 2.24) is 14.6 Å². The van der Waals surface area contributed by atoms with Gasteiger partial charge in [0, 0.05) is 13.3 Å². The van der Waals surface area contributed by atoms with E-state index in [1.807, 2.05) is 13.0 Å². The van der Waals surface area contributed by atoms with Gasteiger partial charge in [-0.05, 0) is 24.0 Å². The van der Waals surface area contributed by atoms with Gasteiger partial charge in [0.25, 0.3) is 0 Å². The average Bonchev–Trinajstić information content (AvgIpc) is 3.47. The molecule has 1 saturated heterocycles. The monoisotopic (exact) mass is 590 g/mol. The number of aliphatic hydroxyl groups is 1. The van der Waals surface area contributed by atoms with Gasteiger partial charge in [0.05, 0.1) is 5.69 Å². The molecule has 228 valence electrons. The molecule has 4 N–H and O–H groups in total. The number of nitrogens with zero attached hydrogens (tertiary/aromatic N) is 4. The SMILES string of the molecule is CCCC(=O)Nc1ncnn2c([C@]3(C#N)O[C@H](COC(=O)C(N)C(C)(C)C)[C@@H](OC(=O)OCOC(C)=O)[C@H]3O)ccc12. The highest BCUT2D eigenvalue weighted by atomic mass is 16.8. The molecule has 1 aliphatic rings. The van der Waals surface area contributed by atoms with Crippen molar-refractivity contribution < 1.29 is 48.0 Å². The number of aromatic nitrogens is 3. The van der Waals surface area contributed by atoms with Crippen LogP contribution in [0.5, 0.6) is 0 Å². The molecule has 0 aliphatic carbocycles. The summed E-state index contributed by atoms with van der Waals surface area (Å²) in [5.74, 6) is -1.65. The van der Waals surface area contributed by atoms with E-state index in [4.69, 9.17) is 24.7 Å². The van der Waals surface area contributed by atoms with Crippen LogP contribution in [0.25, 0.3) is 5.52 Å². The maximum Gasteiger partial charge on any atom is 0.511 e. The van der Waals surface area contributed by atoms with Gasteiger partial charge in [-0.25, -0.2) is 14.3 Å². The number of nitrogens with one attached hydrogen (secondary N) is 1. The summed E-state index contributed by atoms with van der Waals surface area (Å²) in [5, 5.41) is 28.5. The third-order valence-corrected chi connectivity index (χ3v) is 6.41. The third kappa shape index (κ3) is 6.93. The number of nitriles is 1. The zero-order valence-electron chi connectivity index (χ0n) is 23.9. The van der Waals surface area contributed by atoms with Gasteiger partial charge in [-0.15, -0.1) is 0 Å². The van der Waals surface area contributed by atoms with E-state index in [9.17, 15) is 29.5 Å². The smallest absolute Gasteiger partial charge is 0.462 e. The van der Waals surface area contributed by atoms with Crippen molar-refractivity contribution in [3.05, 3.63) is 24.2 Å². The summed E-state index contributed by atoms with van der Waals surface area (Å²) in [4.78, 5) is 52.2. The number of amides is 1. The lowest BCUT2D eigenvalue weighted by Crippen LogP contribution is -2.45. The van der Waals surface area contributed by atoms with Crippen LogP contribution >= 0.6 is 0 Å². The molecule has 1 fully saturated rings. The molecule has 3 heterocycles. The first-order valence-corrected chi connectivity index (χ1v) is 13.0. The summed E-state index contributed by atoms with van der Waals surface area (Å²) in [7, 11) is 0. The maximum atomic E-state index is 12.6. The molecule has 2 aromatic heterocycles. The predicted molar refractivity (Wildman–Crippen MR) is 141 cm³/mol. The molecule has 1 amide bonds. The number of carbonyl (C=O) groups excluding carboxylic acids is 4. The molecule has 0 bridgehead atoms. The minimum atomic E-state index is -2.21. The Balaban J connectivity index is 1.96. The van der Waals surface area contributed by atoms with Crippen LogP contribution in [-0.2, 0) is 43.7 Å². The van der Waals surface area contributed by atoms with Gasteiger partial charge in [-0.2, -0.15) is 10.4 Å². The summed E-state index contributed by atoms with van der Waals surface area (Å²) >= 11 is 0. The fourth-order valence-corrected chi connectivity index (χ4v) is 4.09. The minimum absolute atomic E-state index is 0.00277. The van der Waals surface area contributed by atoms with Crippen molar-refractivity contribution in [2.75, 3.05) is 18.7 Å². The predicted octanol–water partition coefficient (Wildman–Crippen LogP) is 0.905. The van der Waals surface area contributed by atoms with Gasteiger partial charge in [-0.1, -0.05) is 27.7 Å². The van der Waals surface area contributed by atoms with Crippen LogP contribution in [0.15, 0.2) is 18.5 Å². The third-order valence-electron chi connectivity index (χ3n) is 6.41. The van der Waals surface area contributed by atoms with Crippen molar-refractivity contribution in [1.29, 1.82) is 5.26 Å². The molecule has 2 aromatic rings. The van der Waals surface area contributed by atoms with Gasteiger partial charge >= 0.3 is 18.1 Å². The Kier molecular flexibility index (Phi) is 10.0. The molecule has 3 rings (SSSR count). The number of anilines is 1. The first kappa shape index (κ1) is 32.2. The number of nitrogens with two attached hydrogens (primary N) is 1. The van der Waals surface area contributed by atoms with E-state index in [1.54, 1.807) is 20.8 Å². The Morgan fingerprint density at radius 3 is 2.60 bits per heavy atom. The number of hydrogen-bond donors (Lipinski definition) is 3. The maximum absolute atomic E-state index is 12.6. The number of fused-ring (bicyclic) bond motifs is 1. The van der Waals surface area contributed by atoms with Crippen molar-refractivity contribution >= 4 is 35.3 Å². The lowest BCUT2D eigenvalue weighted by molar-refractivity contribution is -0.155. The number of esters is 2. The Bertz CT molecular complexity index is 1370. The number of ether oxygens (including phenoxy) is 5. The lowest BCUT2D eigenvalue weighted by Gasteiger charge is -2.26. The van der Waals surface area contributed by atoms with E-state index < -0.39 is 66.9 Å². The van der Waals surface area contributed by atoms with Gasteiger partial charge < -0.3 is 39.8 Å². The first-order chi connectivity index (χ1) is 19.7. The normalized spacial score (nSPS) is 22.6. The number of carbonyl (C=O) groups is 4. The largest absolute Gasteiger partial charge is 0.511 e. The highest BCUT2D eigenvalue weighted by molar-refractivity contribution is 5.93. The first-order valence-electron chi connectivity index (χ1n) is 13.0. The molecule has 1 aliphatic heterocycles. The lowest BCUT2D eigenvalue weighted by atomic mass is 9.87. The molecule has 16 nitrogen and oxygen atoms in total. The van der Waals surface area contributed by atoms with Crippen molar-refractivity contribution in [2.24, 2.45) is 11.1 Å². The molecule has 0 radical (unpaired) electrons. The van der Waals surface area contributed by atoms with Gasteiger partial charge in [-0.3, -0.25) is 14.4 Å². The van der Waals surface area contributed by atoms with E-state index in [2.05, 4.69) is 20.1 Å². The van der Waals surface area contributed by atoms with E-state index in [1.165, 1.54) is 16.6 Å². The fraction of sp³-hybridized carbons (Fsp3) is 0.577. The van der Waals surface area contributed by atoms with Gasteiger partial charge in [0.2, 0.25) is 18.3 Å². The molecule has 0 aromatic carbocycles. The topological polar surface area (TPSA) is 227 Å². The van der Waals surface area contributed by atoms with Crippen LogP contribution in [0.1, 0.15) is 53.2 Å². The van der Waals surface area contributed by atoms with E-state index >= 15 is 0 Å². The highest BCUT2D eigenvalue weighted by Crippen LogP contribution is 2.42. The zero-order chi connectivity index (χ0) is 31.2. The van der Waals surface area contributed by atoms with Crippen LogP contribution in [0.3, 0.4) is 0 Å². The standard InChI is InChI=1S/C26H34N6O10/c1-6-7-18(34)31-22-15-8-9-17(32(15)30-12-29-22)26(11-27)21(35)19(41-24(37)40-13-39-14(2)33)16(42-26)10-38-23(36)20(28)25(3,4)5/h8-9,12,16,19-21,35H,6-7,10,13,28H2,1-5H3,(H,29,30,31,34)/t16-,19-,20?,21-,26+/m1/s1. The van der Waals surface area contributed by atoms with E-state index in [0.717, 1.165) is 13.3 Å². The molecular formula is C26H34N6O10. The average molecular weight is 591 g/mol. The molecule has 1 unspecified atom stereocenters. The van der Waals surface area contributed by atoms with Crippen LogP contribution in [-0.4, -0.2) is 81.5 Å². The Labute approximate surface area is 241 Å². The van der Waals surface area contributed by atoms with Crippen molar-refractivity contribution in [2.45, 2.75) is 77.4 Å². The molecule has 0 saturated carbocycles. The fourth-order valence-electron chi connectivity index (χ4n) is 4.09. The number of rotatable bonds is 10. The second kappa shape index (κ2) is 13.1. The summed E-state index contributed by atoms with van der Waals surface area (Å²) in [6, 6.07) is 3.83. The summed E-state index contributed by atoms with van der Waals surface area (Å²) in [6.45, 7) is 6.81. The molecule has 42 heavy (non-hydrogen) atoms. The molecule has 5 atom stereocenters. The van der Waals surface area contributed by atoms with Crippen molar-refractivity contribution in [3.63, 3.8) is 0 Å². The van der Waals surface area contributed by atoms with Crippen LogP contribution in [0, 0.1) is 16.7 Å². The van der Waals surface area contributed by atoms with E-state index in [0.29, 0.717) is 6.42 Å². The Hall–Kier alpha value is -4.33. The van der Waals surface area contributed by atoms with Gasteiger partial charge in [0.15, 0.2) is 11.9 Å². The van der Waals surface area contributed by atoms with Crippen LogP contribution < -0.4 is 11.1 Å². The number of aliphatic hydroxyl groups excluding tert-OH is 1. The van der Waals surface area contributed by atoms with Crippen molar-refractivity contribution in [3.8, 4) is 6.07 Å². The van der Waals surface area contributed by atoms with Crippen LogP contribution in [0.4, 0.5) is 10.6 Å².